The molecule has 1 aromatic heterocycles. The number of carbonyl (C=O) groups is 3. The fraction of sp³-hybridized carbons (Fsp3) is 0.588. The summed E-state index contributed by atoms with van der Waals surface area (Å²) in [4.78, 5) is 36.6. The molecule has 138 valence electrons. The van der Waals surface area contributed by atoms with Crippen molar-refractivity contribution in [2.45, 2.75) is 45.1 Å². The highest BCUT2D eigenvalue weighted by atomic mass is 79.9. The van der Waals surface area contributed by atoms with Gasteiger partial charge in [-0.3, -0.25) is 14.4 Å². The molecule has 0 aliphatic heterocycles. The highest BCUT2D eigenvalue weighted by Crippen LogP contribution is 2.23. The summed E-state index contributed by atoms with van der Waals surface area (Å²) < 4.78 is 0.864. The molecule has 0 spiro atoms. The molecule has 1 saturated carbocycles. The second-order valence-electron chi connectivity index (χ2n) is 6.22. The van der Waals surface area contributed by atoms with E-state index in [4.69, 9.17) is 0 Å². The van der Waals surface area contributed by atoms with E-state index >= 15 is 0 Å². The smallest absolute Gasteiger partial charge is 0.262 e. The standard InChI is InChI=1S/C17H24BrN3O3S/c1-11(21-17(24)13-7-8-14(18)25-13)15(22)19-9-10-20-16(23)12-5-3-2-4-6-12/h7-8,11-12H,2-6,9-10H2,1H3,(H,19,22)(H,20,23)(H,21,24). The van der Waals surface area contributed by atoms with Crippen LogP contribution in [0.4, 0.5) is 0 Å². The number of rotatable bonds is 7. The molecule has 1 aliphatic rings. The first-order chi connectivity index (χ1) is 12.0. The van der Waals surface area contributed by atoms with E-state index in [0.29, 0.717) is 18.0 Å². The van der Waals surface area contributed by atoms with Gasteiger partial charge in [-0.1, -0.05) is 19.3 Å². The Bertz CT molecular complexity index is 614. The minimum atomic E-state index is -0.637. The zero-order valence-electron chi connectivity index (χ0n) is 14.3. The summed E-state index contributed by atoms with van der Waals surface area (Å²) in [7, 11) is 0. The Hall–Kier alpha value is -1.41. The molecule has 8 heteroatoms. The van der Waals surface area contributed by atoms with E-state index in [1.54, 1.807) is 19.1 Å². The lowest BCUT2D eigenvalue weighted by Gasteiger charge is -2.21. The third kappa shape index (κ3) is 6.43. The number of hydrogen-bond donors (Lipinski definition) is 3. The largest absolute Gasteiger partial charge is 0.354 e. The minimum Gasteiger partial charge on any atom is -0.354 e. The van der Waals surface area contributed by atoms with Crippen LogP contribution in [0.25, 0.3) is 0 Å². The summed E-state index contributed by atoms with van der Waals surface area (Å²) in [6, 6.07) is 2.86. The molecule has 2 rings (SSSR count). The summed E-state index contributed by atoms with van der Waals surface area (Å²) in [5.41, 5.74) is 0. The first kappa shape index (κ1) is 19.9. The molecule has 25 heavy (non-hydrogen) atoms. The topological polar surface area (TPSA) is 87.3 Å². The molecule has 1 aromatic rings. The number of halogens is 1. The maximum atomic E-state index is 12.0. The van der Waals surface area contributed by atoms with Gasteiger partial charge in [0.1, 0.15) is 6.04 Å². The molecule has 1 fully saturated rings. The van der Waals surface area contributed by atoms with Crippen molar-refractivity contribution in [3.05, 3.63) is 20.8 Å². The number of amides is 3. The molecular weight excluding hydrogens is 406 g/mol. The van der Waals surface area contributed by atoms with E-state index < -0.39 is 6.04 Å². The van der Waals surface area contributed by atoms with Gasteiger partial charge in [0.2, 0.25) is 11.8 Å². The Balaban J connectivity index is 1.63. The van der Waals surface area contributed by atoms with Crippen LogP contribution in [-0.4, -0.2) is 36.9 Å². The molecule has 3 amide bonds. The summed E-state index contributed by atoms with van der Waals surface area (Å²) in [5.74, 6) is -0.341. The predicted octanol–water partition coefficient (Wildman–Crippen LogP) is 2.44. The quantitative estimate of drug-likeness (QED) is 0.581. The highest BCUT2D eigenvalue weighted by molar-refractivity contribution is 9.11. The van der Waals surface area contributed by atoms with Gasteiger partial charge in [-0.2, -0.15) is 0 Å². The van der Waals surface area contributed by atoms with Crippen LogP contribution in [0.2, 0.25) is 0 Å². The Labute approximate surface area is 160 Å². The average molecular weight is 430 g/mol. The van der Waals surface area contributed by atoms with E-state index in [1.807, 2.05) is 0 Å². The highest BCUT2D eigenvalue weighted by Gasteiger charge is 2.21. The summed E-state index contributed by atoms with van der Waals surface area (Å²) in [6.07, 6.45) is 5.37. The van der Waals surface area contributed by atoms with Gasteiger partial charge in [-0.15, -0.1) is 11.3 Å². The van der Waals surface area contributed by atoms with Crippen LogP contribution in [0.5, 0.6) is 0 Å². The Morgan fingerprint density at radius 3 is 2.48 bits per heavy atom. The van der Waals surface area contributed by atoms with Crippen molar-refractivity contribution in [3.8, 4) is 0 Å². The Morgan fingerprint density at radius 1 is 1.16 bits per heavy atom. The fourth-order valence-corrected chi connectivity index (χ4v) is 4.09. The maximum absolute atomic E-state index is 12.0. The molecule has 3 N–H and O–H groups in total. The first-order valence-electron chi connectivity index (χ1n) is 8.59. The predicted molar refractivity (Wildman–Crippen MR) is 102 cm³/mol. The maximum Gasteiger partial charge on any atom is 0.262 e. The monoisotopic (exact) mass is 429 g/mol. The van der Waals surface area contributed by atoms with Gasteiger partial charge >= 0.3 is 0 Å². The van der Waals surface area contributed by atoms with Crippen molar-refractivity contribution in [2.24, 2.45) is 5.92 Å². The molecular formula is C17H24BrN3O3S. The van der Waals surface area contributed by atoms with Crippen molar-refractivity contribution in [1.29, 1.82) is 0 Å². The lowest BCUT2D eigenvalue weighted by molar-refractivity contribution is -0.126. The fourth-order valence-electron chi connectivity index (χ4n) is 2.80. The van der Waals surface area contributed by atoms with Gasteiger partial charge in [0.25, 0.3) is 5.91 Å². The van der Waals surface area contributed by atoms with Gasteiger partial charge in [-0.05, 0) is 47.8 Å². The van der Waals surface area contributed by atoms with Crippen molar-refractivity contribution in [2.75, 3.05) is 13.1 Å². The third-order valence-corrected chi connectivity index (χ3v) is 5.86. The lowest BCUT2D eigenvalue weighted by atomic mass is 9.89. The first-order valence-corrected chi connectivity index (χ1v) is 10.2. The van der Waals surface area contributed by atoms with Crippen LogP contribution < -0.4 is 16.0 Å². The number of nitrogens with one attached hydrogen (secondary N) is 3. The molecule has 1 aliphatic carbocycles. The molecule has 0 radical (unpaired) electrons. The third-order valence-electron chi connectivity index (χ3n) is 4.24. The molecule has 0 aromatic carbocycles. The van der Waals surface area contributed by atoms with Crippen LogP contribution >= 0.6 is 27.3 Å². The van der Waals surface area contributed by atoms with Crippen molar-refractivity contribution >= 4 is 45.0 Å². The van der Waals surface area contributed by atoms with E-state index in [2.05, 4.69) is 31.9 Å². The molecule has 0 saturated heterocycles. The normalized spacial score (nSPS) is 16.1. The Kier molecular flexibility index (Phi) is 7.90. The lowest BCUT2D eigenvalue weighted by Crippen LogP contribution is -2.46. The molecule has 1 atom stereocenters. The molecule has 1 heterocycles. The van der Waals surface area contributed by atoms with Crippen molar-refractivity contribution < 1.29 is 14.4 Å². The van der Waals surface area contributed by atoms with Crippen LogP contribution in [0.1, 0.15) is 48.7 Å². The van der Waals surface area contributed by atoms with Gasteiger partial charge in [-0.25, -0.2) is 0 Å². The molecule has 1 unspecified atom stereocenters. The van der Waals surface area contributed by atoms with Gasteiger partial charge in [0, 0.05) is 19.0 Å². The zero-order valence-corrected chi connectivity index (χ0v) is 16.7. The number of hydrogen-bond acceptors (Lipinski definition) is 4. The van der Waals surface area contributed by atoms with Gasteiger partial charge < -0.3 is 16.0 Å². The summed E-state index contributed by atoms with van der Waals surface area (Å²) in [6.45, 7) is 2.39. The zero-order chi connectivity index (χ0) is 18.2. The average Bonchev–Trinajstić information content (AvgIpc) is 3.05. The van der Waals surface area contributed by atoms with E-state index in [9.17, 15) is 14.4 Å². The SMILES string of the molecule is CC(NC(=O)c1ccc(Br)s1)C(=O)NCCNC(=O)C1CCCCC1. The van der Waals surface area contributed by atoms with E-state index in [-0.39, 0.29) is 23.6 Å². The molecule has 0 bridgehead atoms. The van der Waals surface area contributed by atoms with Gasteiger partial charge in [0.15, 0.2) is 0 Å². The molecule has 6 nitrogen and oxygen atoms in total. The van der Waals surface area contributed by atoms with Crippen molar-refractivity contribution in [1.82, 2.24) is 16.0 Å². The van der Waals surface area contributed by atoms with Crippen molar-refractivity contribution in [3.63, 3.8) is 0 Å². The number of carbonyl (C=O) groups excluding carboxylic acids is 3. The number of thiophene rings is 1. The van der Waals surface area contributed by atoms with Crippen LogP contribution in [-0.2, 0) is 9.59 Å². The summed E-state index contributed by atoms with van der Waals surface area (Å²) in [5, 5.41) is 8.26. The van der Waals surface area contributed by atoms with Crippen LogP contribution in [0, 0.1) is 5.92 Å². The van der Waals surface area contributed by atoms with Crippen LogP contribution in [0.15, 0.2) is 15.9 Å². The Morgan fingerprint density at radius 2 is 1.84 bits per heavy atom. The second-order valence-corrected chi connectivity index (χ2v) is 8.68. The second kappa shape index (κ2) is 9.91. The van der Waals surface area contributed by atoms with E-state index in [0.717, 1.165) is 29.5 Å². The summed E-state index contributed by atoms with van der Waals surface area (Å²) >= 11 is 4.62. The van der Waals surface area contributed by atoms with E-state index in [1.165, 1.54) is 17.8 Å². The van der Waals surface area contributed by atoms with Crippen LogP contribution in [0.3, 0.4) is 0 Å². The van der Waals surface area contributed by atoms with Gasteiger partial charge in [0.05, 0.1) is 8.66 Å². The minimum absolute atomic E-state index is 0.0820.